The molecule has 1 rings (SSSR count). The molecular formula is C7H9NO3S. The fraction of sp³-hybridized carbons (Fsp3) is 0.429. The largest absolute Gasteiger partial charge is 0.492 e. The Hall–Kier alpha value is -1.10. The molecule has 66 valence electrons. The van der Waals surface area contributed by atoms with Crippen LogP contribution in [0.4, 0.5) is 0 Å². The van der Waals surface area contributed by atoms with Gasteiger partial charge in [0.15, 0.2) is 0 Å². The summed E-state index contributed by atoms with van der Waals surface area (Å²) >= 11 is 1.13. The van der Waals surface area contributed by atoms with Gasteiger partial charge in [-0.2, -0.15) is 4.98 Å². The highest BCUT2D eigenvalue weighted by Crippen LogP contribution is 2.22. The van der Waals surface area contributed by atoms with Crippen LogP contribution in [0.1, 0.15) is 21.6 Å². The highest BCUT2D eigenvalue weighted by Gasteiger charge is 2.14. The molecule has 1 aromatic heterocycles. The van der Waals surface area contributed by atoms with Crippen molar-refractivity contribution in [3.8, 4) is 5.88 Å². The van der Waals surface area contributed by atoms with Crippen LogP contribution in [0.25, 0.3) is 0 Å². The van der Waals surface area contributed by atoms with E-state index in [1.54, 1.807) is 13.8 Å². The summed E-state index contributed by atoms with van der Waals surface area (Å²) in [6.07, 6.45) is 0. The lowest BCUT2D eigenvalue weighted by Gasteiger charge is -1.94. The summed E-state index contributed by atoms with van der Waals surface area (Å²) < 4.78 is 4.69. The lowest BCUT2D eigenvalue weighted by Crippen LogP contribution is -2.03. The van der Waals surface area contributed by atoms with Gasteiger partial charge in [0.1, 0.15) is 0 Å². The van der Waals surface area contributed by atoms with E-state index in [0.29, 0.717) is 11.5 Å². The van der Waals surface area contributed by atoms with Gasteiger partial charge in [-0.1, -0.05) is 0 Å². The number of thiazole rings is 1. The standard InChI is InChI=1S/C7H9NO3S/c1-3-11-7(10)6-8-5(9)4(2)12-6/h9H,3H2,1-2H3. The third-order valence-electron chi connectivity index (χ3n) is 1.22. The number of aromatic nitrogens is 1. The van der Waals surface area contributed by atoms with Crippen molar-refractivity contribution in [2.45, 2.75) is 13.8 Å². The van der Waals surface area contributed by atoms with Gasteiger partial charge < -0.3 is 9.84 Å². The zero-order valence-electron chi connectivity index (χ0n) is 6.83. The number of ether oxygens (including phenoxy) is 1. The topological polar surface area (TPSA) is 59.4 Å². The molecule has 0 aliphatic carbocycles. The molecule has 0 saturated carbocycles. The van der Waals surface area contributed by atoms with Gasteiger partial charge in [-0.15, -0.1) is 11.3 Å². The smallest absolute Gasteiger partial charge is 0.367 e. The average Bonchev–Trinajstić information content (AvgIpc) is 2.33. The molecule has 1 aromatic rings. The molecule has 0 bridgehead atoms. The van der Waals surface area contributed by atoms with Crippen molar-refractivity contribution in [3.05, 3.63) is 9.88 Å². The summed E-state index contributed by atoms with van der Waals surface area (Å²) in [7, 11) is 0. The maximum atomic E-state index is 11.0. The van der Waals surface area contributed by atoms with E-state index >= 15 is 0 Å². The number of aromatic hydroxyl groups is 1. The van der Waals surface area contributed by atoms with Gasteiger partial charge in [0.2, 0.25) is 10.9 Å². The van der Waals surface area contributed by atoms with Crippen LogP contribution >= 0.6 is 11.3 Å². The third-order valence-corrected chi connectivity index (χ3v) is 2.16. The SMILES string of the molecule is CCOC(=O)c1nc(O)c(C)s1. The fourth-order valence-electron chi connectivity index (χ4n) is 0.669. The molecule has 0 aromatic carbocycles. The third kappa shape index (κ3) is 1.73. The number of nitrogens with zero attached hydrogens (tertiary/aromatic N) is 1. The van der Waals surface area contributed by atoms with Gasteiger partial charge in [-0.3, -0.25) is 0 Å². The van der Waals surface area contributed by atoms with Crippen LogP contribution in [0.15, 0.2) is 0 Å². The Bertz CT molecular complexity index is 275. The minimum atomic E-state index is -0.481. The van der Waals surface area contributed by atoms with Gasteiger partial charge in [0.05, 0.1) is 11.5 Å². The Morgan fingerprint density at radius 1 is 1.75 bits per heavy atom. The Labute approximate surface area is 73.8 Å². The second-order valence-corrected chi connectivity index (χ2v) is 3.32. The molecule has 1 N–H and O–H groups in total. The predicted molar refractivity (Wildman–Crippen MR) is 44.5 cm³/mol. The summed E-state index contributed by atoms with van der Waals surface area (Å²) in [5.41, 5.74) is 0. The maximum absolute atomic E-state index is 11.0. The minimum Gasteiger partial charge on any atom is -0.492 e. The quantitative estimate of drug-likeness (QED) is 0.709. The van der Waals surface area contributed by atoms with Gasteiger partial charge in [0, 0.05) is 0 Å². The molecular weight excluding hydrogens is 178 g/mol. The second-order valence-electron chi connectivity index (χ2n) is 2.12. The van der Waals surface area contributed by atoms with Crippen molar-refractivity contribution in [1.82, 2.24) is 4.98 Å². The first-order chi connectivity index (χ1) is 5.65. The molecule has 0 atom stereocenters. The Morgan fingerprint density at radius 3 is 2.83 bits per heavy atom. The summed E-state index contributed by atoms with van der Waals surface area (Å²) in [6, 6.07) is 0. The number of rotatable bonds is 2. The van der Waals surface area contributed by atoms with Crippen molar-refractivity contribution >= 4 is 17.3 Å². The Morgan fingerprint density at radius 2 is 2.42 bits per heavy atom. The van der Waals surface area contributed by atoms with E-state index in [1.165, 1.54) is 0 Å². The molecule has 0 fully saturated rings. The zero-order valence-corrected chi connectivity index (χ0v) is 7.64. The molecule has 0 spiro atoms. The maximum Gasteiger partial charge on any atom is 0.367 e. The zero-order chi connectivity index (χ0) is 9.14. The number of carbonyl (C=O) groups is 1. The average molecular weight is 187 g/mol. The van der Waals surface area contributed by atoms with E-state index in [1.807, 2.05) is 0 Å². The van der Waals surface area contributed by atoms with E-state index in [9.17, 15) is 4.79 Å². The van der Waals surface area contributed by atoms with E-state index in [2.05, 4.69) is 4.98 Å². The molecule has 12 heavy (non-hydrogen) atoms. The lowest BCUT2D eigenvalue weighted by atomic mass is 10.6. The number of hydrogen-bond acceptors (Lipinski definition) is 5. The van der Waals surface area contributed by atoms with Crippen LogP contribution in [0.2, 0.25) is 0 Å². The first kappa shape index (κ1) is 8.99. The molecule has 0 amide bonds. The molecule has 0 radical (unpaired) electrons. The van der Waals surface area contributed by atoms with Gasteiger partial charge in [0.25, 0.3) is 0 Å². The van der Waals surface area contributed by atoms with Crippen molar-refractivity contribution in [1.29, 1.82) is 0 Å². The van der Waals surface area contributed by atoms with Crippen LogP contribution in [0.5, 0.6) is 5.88 Å². The van der Waals surface area contributed by atoms with Crippen molar-refractivity contribution in [3.63, 3.8) is 0 Å². The monoisotopic (exact) mass is 187 g/mol. The summed E-state index contributed by atoms with van der Waals surface area (Å²) in [5.74, 6) is -0.575. The predicted octanol–water partition coefficient (Wildman–Crippen LogP) is 1.33. The van der Waals surface area contributed by atoms with E-state index in [0.717, 1.165) is 11.3 Å². The number of carbonyl (C=O) groups excluding carboxylic acids is 1. The first-order valence-corrected chi connectivity index (χ1v) is 4.30. The van der Waals surface area contributed by atoms with E-state index < -0.39 is 5.97 Å². The molecule has 0 unspecified atom stereocenters. The normalized spacial score (nSPS) is 9.83. The minimum absolute atomic E-state index is 0.0944. The Balaban J connectivity index is 2.82. The lowest BCUT2D eigenvalue weighted by molar-refractivity contribution is 0.0525. The van der Waals surface area contributed by atoms with Crippen LogP contribution in [0, 0.1) is 6.92 Å². The summed E-state index contributed by atoms with van der Waals surface area (Å²) in [5, 5.41) is 9.25. The molecule has 0 aliphatic heterocycles. The van der Waals surface area contributed by atoms with Crippen LogP contribution in [0.3, 0.4) is 0 Å². The molecule has 1 heterocycles. The first-order valence-electron chi connectivity index (χ1n) is 3.48. The molecule has 5 heteroatoms. The Kier molecular flexibility index (Phi) is 2.65. The second kappa shape index (κ2) is 3.53. The number of aryl methyl sites for hydroxylation is 1. The number of hydrogen-bond donors (Lipinski definition) is 1. The van der Waals surface area contributed by atoms with E-state index in [-0.39, 0.29) is 10.9 Å². The van der Waals surface area contributed by atoms with Gasteiger partial charge in [-0.25, -0.2) is 4.79 Å². The van der Waals surface area contributed by atoms with Crippen LogP contribution < -0.4 is 0 Å². The van der Waals surface area contributed by atoms with Crippen LogP contribution in [-0.2, 0) is 4.74 Å². The molecule has 0 aliphatic rings. The highest BCUT2D eigenvalue weighted by atomic mass is 32.1. The number of esters is 1. The van der Waals surface area contributed by atoms with Crippen molar-refractivity contribution < 1.29 is 14.6 Å². The summed E-state index contributed by atoms with van der Waals surface area (Å²) in [4.78, 5) is 15.3. The van der Waals surface area contributed by atoms with E-state index in [4.69, 9.17) is 9.84 Å². The van der Waals surface area contributed by atoms with Gasteiger partial charge in [-0.05, 0) is 13.8 Å². The van der Waals surface area contributed by atoms with Gasteiger partial charge >= 0.3 is 5.97 Å². The van der Waals surface area contributed by atoms with Crippen molar-refractivity contribution in [2.24, 2.45) is 0 Å². The highest BCUT2D eigenvalue weighted by molar-refractivity contribution is 7.13. The van der Waals surface area contributed by atoms with Crippen molar-refractivity contribution in [2.75, 3.05) is 6.61 Å². The van der Waals surface area contributed by atoms with Crippen LogP contribution in [-0.4, -0.2) is 22.7 Å². The summed E-state index contributed by atoms with van der Waals surface area (Å²) in [6.45, 7) is 3.73. The molecule has 4 nitrogen and oxygen atoms in total. The fourth-order valence-corrected chi connectivity index (χ4v) is 1.37. The molecule has 0 saturated heterocycles.